The number of rotatable bonds is 5. The van der Waals surface area contributed by atoms with Crippen LogP contribution >= 0.6 is 11.3 Å². The van der Waals surface area contributed by atoms with E-state index in [0.717, 1.165) is 36.3 Å². The van der Waals surface area contributed by atoms with Crippen molar-refractivity contribution in [2.24, 2.45) is 11.8 Å². The number of anilines is 2. The smallest absolute Gasteiger partial charge is 0.263 e. The number of nitrogens with zero attached hydrogens (tertiary/aromatic N) is 3. The highest BCUT2D eigenvalue weighted by atomic mass is 32.1. The van der Waals surface area contributed by atoms with Gasteiger partial charge in [0.2, 0.25) is 0 Å². The van der Waals surface area contributed by atoms with Gasteiger partial charge in [0.25, 0.3) is 5.91 Å². The molecule has 0 radical (unpaired) electrons. The molecule has 8 heteroatoms. The number of nitrogen functional groups attached to an aromatic ring is 1. The number of nitrogens with two attached hydrogens (primary N) is 1. The highest BCUT2D eigenvalue weighted by molar-refractivity contribution is 7.21. The normalized spacial score (nSPS) is 21.2. The molecule has 1 aliphatic heterocycles. The van der Waals surface area contributed by atoms with Crippen molar-refractivity contribution in [1.82, 2.24) is 15.3 Å². The fourth-order valence-electron chi connectivity index (χ4n) is 5.11. The minimum Gasteiger partial charge on any atom is -0.396 e. The monoisotopic (exact) mass is 453 g/mol. The number of carbonyl (C=O) groups is 1. The summed E-state index contributed by atoms with van der Waals surface area (Å²) in [6, 6.07) is 5.54. The molecule has 168 valence electrons. The quantitative estimate of drug-likeness (QED) is 0.595. The Morgan fingerprint density at radius 2 is 2.09 bits per heavy atom. The van der Waals surface area contributed by atoms with E-state index in [9.17, 15) is 9.18 Å². The highest BCUT2D eigenvalue weighted by Gasteiger charge is 2.33. The molecule has 0 spiro atoms. The third kappa shape index (κ3) is 3.92. The number of halogens is 1. The molecule has 2 fully saturated rings. The minimum absolute atomic E-state index is 0.167. The lowest BCUT2D eigenvalue weighted by molar-refractivity contribution is 0.0956. The van der Waals surface area contributed by atoms with Gasteiger partial charge >= 0.3 is 0 Å². The zero-order valence-electron chi connectivity index (χ0n) is 18.4. The van der Waals surface area contributed by atoms with Crippen LogP contribution in [0.5, 0.6) is 0 Å². The second kappa shape index (κ2) is 8.31. The number of aryl methyl sites for hydroxylation is 1. The number of nitrogens with one attached hydrogen (secondary N) is 1. The summed E-state index contributed by atoms with van der Waals surface area (Å²) in [5, 5.41) is 2.90. The maximum Gasteiger partial charge on any atom is 0.263 e. The van der Waals surface area contributed by atoms with Crippen molar-refractivity contribution in [3.8, 4) is 0 Å². The van der Waals surface area contributed by atoms with Crippen LogP contribution < -0.4 is 16.0 Å². The summed E-state index contributed by atoms with van der Waals surface area (Å²) in [7, 11) is 0. The van der Waals surface area contributed by atoms with Crippen LogP contribution in [0.2, 0.25) is 0 Å². The molecular weight excluding hydrogens is 425 g/mol. The summed E-state index contributed by atoms with van der Waals surface area (Å²) in [6.45, 7) is 6.14. The fourth-order valence-corrected chi connectivity index (χ4v) is 6.12. The lowest BCUT2D eigenvalue weighted by Crippen LogP contribution is -2.36. The van der Waals surface area contributed by atoms with E-state index in [2.05, 4.69) is 20.2 Å². The van der Waals surface area contributed by atoms with E-state index in [1.165, 1.54) is 30.6 Å². The molecule has 5 rings (SSSR count). The Hall–Kier alpha value is -2.74. The molecule has 6 nitrogen and oxygen atoms in total. The van der Waals surface area contributed by atoms with Gasteiger partial charge in [0, 0.05) is 37.4 Å². The maximum absolute atomic E-state index is 15.0. The number of hydrogen-bond donors (Lipinski definition) is 2. The molecule has 2 aliphatic rings. The van der Waals surface area contributed by atoms with Crippen LogP contribution in [0.25, 0.3) is 10.3 Å². The fraction of sp³-hybridized carbons (Fsp3) is 0.458. The number of amides is 1. The van der Waals surface area contributed by atoms with E-state index in [1.807, 2.05) is 26.0 Å². The predicted octanol–water partition coefficient (Wildman–Crippen LogP) is 4.49. The standard InChI is InChI=1S/C24H28FN5OS/c1-13(9-28-23(31)22-20(26)21-24(32-22)29-14(2)10-27-21)18-6-5-17(8-19(18)25)30-11-15-3-4-16(7-15)12-30/h5-6,8,10,13,15-16H,3-4,7,9,11-12,26H2,1-2H3,(H,28,31)/t13-,15?,16?/m1/s1. The van der Waals surface area contributed by atoms with Gasteiger partial charge < -0.3 is 16.0 Å². The Bertz CT molecular complexity index is 1170. The van der Waals surface area contributed by atoms with Gasteiger partial charge in [0.15, 0.2) is 0 Å². The van der Waals surface area contributed by atoms with Gasteiger partial charge in [-0.1, -0.05) is 13.0 Å². The van der Waals surface area contributed by atoms with Crippen LogP contribution in [0.3, 0.4) is 0 Å². The molecule has 1 aliphatic carbocycles. The molecule has 3 N–H and O–H groups in total. The molecule has 2 aromatic heterocycles. The number of hydrogen-bond acceptors (Lipinski definition) is 6. The van der Waals surface area contributed by atoms with Gasteiger partial charge in [0.05, 0.1) is 11.4 Å². The van der Waals surface area contributed by atoms with Crippen molar-refractivity contribution in [1.29, 1.82) is 0 Å². The van der Waals surface area contributed by atoms with Crippen molar-refractivity contribution < 1.29 is 9.18 Å². The molecule has 2 unspecified atom stereocenters. The summed E-state index contributed by atoms with van der Waals surface area (Å²) in [6.07, 6.45) is 5.56. The van der Waals surface area contributed by atoms with E-state index in [0.29, 0.717) is 33.0 Å². The molecule has 1 saturated heterocycles. The summed E-state index contributed by atoms with van der Waals surface area (Å²) in [5.41, 5.74) is 9.36. The maximum atomic E-state index is 15.0. The van der Waals surface area contributed by atoms with Crippen molar-refractivity contribution in [3.63, 3.8) is 0 Å². The first-order valence-electron chi connectivity index (χ1n) is 11.2. The van der Waals surface area contributed by atoms with Gasteiger partial charge in [-0.2, -0.15) is 0 Å². The molecule has 3 heterocycles. The van der Waals surface area contributed by atoms with Crippen LogP contribution in [0, 0.1) is 24.6 Å². The second-order valence-corrected chi connectivity index (χ2v) is 10.3. The summed E-state index contributed by atoms with van der Waals surface area (Å²) in [4.78, 5) is 24.8. The zero-order chi connectivity index (χ0) is 22.4. The molecule has 1 aromatic carbocycles. The lowest BCUT2D eigenvalue weighted by atomic mass is 9.96. The number of carbonyl (C=O) groups excluding carboxylic acids is 1. The Balaban J connectivity index is 1.25. The van der Waals surface area contributed by atoms with E-state index >= 15 is 0 Å². The SMILES string of the molecule is Cc1cnc2c(N)c(C(=O)NC[C@@H](C)c3ccc(N4CC5CCC(C5)C4)cc3F)sc2n1. The van der Waals surface area contributed by atoms with Crippen molar-refractivity contribution in [2.45, 2.75) is 39.0 Å². The lowest BCUT2D eigenvalue weighted by Gasteiger charge is -2.34. The van der Waals surface area contributed by atoms with Crippen LogP contribution in [0.1, 0.15) is 53.0 Å². The molecule has 3 aromatic rings. The van der Waals surface area contributed by atoms with Crippen molar-refractivity contribution in [2.75, 3.05) is 30.3 Å². The van der Waals surface area contributed by atoms with Gasteiger partial charge in [-0.25, -0.2) is 14.4 Å². The van der Waals surface area contributed by atoms with Crippen LogP contribution in [-0.4, -0.2) is 35.5 Å². The van der Waals surface area contributed by atoms with Gasteiger partial charge in [0.1, 0.15) is 21.0 Å². The third-order valence-corrected chi connectivity index (χ3v) is 7.91. The zero-order valence-corrected chi connectivity index (χ0v) is 19.2. The summed E-state index contributed by atoms with van der Waals surface area (Å²) < 4.78 is 15.0. The minimum atomic E-state index is -0.280. The molecule has 1 saturated carbocycles. The van der Waals surface area contributed by atoms with Crippen LogP contribution in [0.4, 0.5) is 15.8 Å². The molecule has 32 heavy (non-hydrogen) atoms. The summed E-state index contributed by atoms with van der Waals surface area (Å²) >= 11 is 1.23. The number of fused-ring (bicyclic) bond motifs is 3. The largest absolute Gasteiger partial charge is 0.396 e. The first-order valence-corrected chi connectivity index (χ1v) is 12.0. The Morgan fingerprint density at radius 3 is 2.81 bits per heavy atom. The number of piperidine rings is 1. The Labute approximate surface area is 191 Å². The molecule has 3 atom stereocenters. The predicted molar refractivity (Wildman–Crippen MR) is 127 cm³/mol. The molecule has 1 amide bonds. The molecule has 2 bridgehead atoms. The van der Waals surface area contributed by atoms with E-state index in [-0.39, 0.29) is 17.6 Å². The third-order valence-electron chi connectivity index (χ3n) is 6.82. The van der Waals surface area contributed by atoms with Crippen LogP contribution in [-0.2, 0) is 0 Å². The number of aromatic nitrogens is 2. The average molecular weight is 454 g/mol. The van der Waals surface area contributed by atoms with Crippen molar-refractivity contribution in [3.05, 3.63) is 46.3 Å². The van der Waals surface area contributed by atoms with Gasteiger partial charge in [-0.05, 0) is 55.7 Å². The summed E-state index contributed by atoms with van der Waals surface area (Å²) in [5.74, 6) is 0.840. The first-order chi connectivity index (χ1) is 15.4. The number of thiophene rings is 1. The Kier molecular flexibility index (Phi) is 5.49. The molecular formula is C24H28FN5OS. The van der Waals surface area contributed by atoms with E-state index < -0.39 is 0 Å². The first kappa shape index (κ1) is 21.1. The number of benzene rings is 1. The second-order valence-electron chi connectivity index (χ2n) is 9.28. The van der Waals surface area contributed by atoms with E-state index in [1.54, 1.807) is 12.3 Å². The van der Waals surface area contributed by atoms with Gasteiger partial charge in [-0.3, -0.25) is 4.79 Å². The average Bonchev–Trinajstić information content (AvgIpc) is 3.29. The van der Waals surface area contributed by atoms with E-state index in [4.69, 9.17) is 5.73 Å². The van der Waals surface area contributed by atoms with Crippen LogP contribution in [0.15, 0.2) is 24.4 Å². The Morgan fingerprint density at radius 1 is 1.34 bits per heavy atom. The topological polar surface area (TPSA) is 84.1 Å². The van der Waals surface area contributed by atoms with Crippen molar-refractivity contribution >= 4 is 39.0 Å². The highest BCUT2D eigenvalue weighted by Crippen LogP contribution is 2.38. The van der Waals surface area contributed by atoms with Gasteiger partial charge in [-0.15, -0.1) is 11.3 Å².